The van der Waals surface area contributed by atoms with Crippen LogP contribution < -0.4 is 4.74 Å². The summed E-state index contributed by atoms with van der Waals surface area (Å²) in [7, 11) is 0. The van der Waals surface area contributed by atoms with Gasteiger partial charge in [0, 0.05) is 11.3 Å². The zero-order valence-electron chi connectivity index (χ0n) is 13.4. The van der Waals surface area contributed by atoms with Crippen LogP contribution in [0.1, 0.15) is 62.0 Å². The Kier molecular flexibility index (Phi) is 4.36. The Balaban J connectivity index is 2.24. The van der Waals surface area contributed by atoms with E-state index in [1.54, 1.807) is 0 Å². The number of thiophene rings is 1. The van der Waals surface area contributed by atoms with Crippen LogP contribution in [0.25, 0.3) is 0 Å². The van der Waals surface area contributed by atoms with Gasteiger partial charge in [-0.1, -0.05) is 13.3 Å². The summed E-state index contributed by atoms with van der Waals surface area (Å²) in [5, 5.41) is 9.35. The van der Waals surface area contributed by atoms with E-state index in [1.165, 1.54) is 11.3 Å². The number of rotatable bonds is 5. The maximum atomic E-state index is 11.4. The smallest absolute Gasteiger partial charge is 0.349 e. The lowest BCUT2D eigenvalue weighted by molar-refractivity contribution is -0.0846. The van der Waals surface area contributed by atoms with Crippen molar-refractivity contribution in [1.82, 2.24) is 0 Å². The number of aryl methyl sites for hydroxylation is 1. The molecule has 1 aliphatic rings. The average Bonchev–Trinajstić information content (AvgIpc) is 2.78. The van der Waals surface area contributed by atoms with Crippen LogP contribution in [0.15, 0.2) is 6.07 Å². The molecule has 1 saturated heterocycles. The van der Waals surface area contributed by atoms with Gasteiger partial charge >= 0.3 is 5.97 Å². The van der Waals surface area contributed by atoms with Crippen LogP contribution in [0.3, 0.4) is 0 Å². The highest BCUT2D eigenvalue weighted by atomic mass is 32.1. The second kappa shape index (κ2) is 5.61. The Morgan fingerprint density at radius 3 is 2.62 bits per heavy atom. The van der Waals surface area contributed by atoms with Gasteiger partial charge in [-0.2, -0.15) is 0 Å². The number of hydrogen-bond donors (Lipinski definition) is 1. The molecule has 1 aromatic heterocycles. The van der Waals surface area contributed by atoms with Crippen LogP contribution in [0, 0.1) is 0 Å². The van der Waals surface area contributed by atoms with Crippen molar-refractivity contribution in [3.63, 3.8) is 0 Å². The minimum absolute atomic E-state index is 0.144. The van der Waals surface area contributed by atoms with Gasteiger partial charge in [0.1, 0.15) is 17.5 Å². The first-order valence-electron chi connectivity index (χ1n) is 7.37. The molecule has 1 aromatic rings. The molecule has 0 aromatic carbocycles. The summed E-state index contributed by atoms with van der Waals surface area (Å²) < 4.78 is 12.1. The molecule has 1 fully saturated rings. The first-order valence-corrected chi connectivity index (χ1v) is 8.19. The van der Waals surface area contributed by atoms with Gasteiger partial charge < -0.3 is 14.6 Å². The minimum Gasteiger partial charge on any atom is -0.486 e. The van der Waals surface area contributed by atoms with E-state index in [9.17, 15) is 9.90 Å². The van der Waals surface area contributed by atoms with Gasteiger partial charge in [0.25, 0.3) is 0 Å². The quantitative estimate of drug-likeness (QED) is 0.888. The molecule has 1 unspecified atom stereocenters. The summed E-state index contributed by atoms with van der Waals surface area (Å²) in [5.41, 5.74) is -0.675. The Labute approximate surface area is 130 Å². The molecule has 2 heterocycles. The molecule has 5 heteroatoms. The highest BCUT2D eigenvalue weighted by Gasteiger charge is 2.47. The lowest BCUT2D eigenvalue weighted by atomic mass is 9.97. The lowest BCUT2D eigenvalue weighted by Gasteiger charge is -2.27. The number of ether oxygens (including phenoxy) is 2. The summed E-state index contributed by atoms with van der Waals surface area (Å²) in [4.78, 5) is 12.7. The molecule has 0 amide bonds. The summed E-state index contributed by atoms with van der Waals surface area (Å²) in [6.07, 6.45) is 2.47. The first-order chi connectivity index (χ1) is 9.64. The molecule has 0 spiro atoms. The van der Waals surface area contributed by atoms with Crippen molar-refractivity contribution in [2.24, 2.45) is 0 Å². The topological polar surface area (TPSA) is 55.8 Å². The second-order valence-electron chi connectivity index (χ2n) is 6.74. The van der Waals surface area contributed by atoms with Crippen LogP contribution in [0.2, 0.25) is 0 Å². The summed E-state index contributed by atoms with van der Waals surface area (Å²) >= 11 is 1.31. The molecule has 1 atom stereocenters. The van der Waals surface area contributed by atoms with Gasteiger partial charge in [0.15, 0.2) is 4.88 Å². The van der Waals surface area contributed by atoms with E-state index in [2.05, 4.69) is 6.92 Å². The van der Waals surface area contributed by atoms with Crippen molar-refractivity contribution >= 4 is 17.3 Å². The maximum Gasteiger partial charge on any atom is 0.349 e. The van der Waals surface area contributed by atoms with Crippen LogP contribution in [0.4, 0.5) is 0 Å². The van der Waals surface area contributed by atoms with E-state index in [4.69, 9.17) is 9.47 Å². The van der Waals surface area contributed by atoms with E-state index in [-0.39, 0.29) is 11.7 Å². The van der Waals surface area contributed by atoms with E-state index in [1.807, 2.05) is 33.8 Å². The molecule has 2 rings (SSSR count). The number of hydrogen-bond acceptors (Lipinski definition) is 4. The first kappa shape index (κ1) is 16.3. The number of aromatic carboxylic acids is 1. The van der Waals surface area contributed by atoms with E-state index in [0.717, 1.165) is 24.1 Å². The van der Waals surface area contributed by atoms with Crippen LogP contribution >= 0.6 is 11.3 Å². The highest BCUT2D eigenvalue weighted by Crippen LogP contribution is 2.41. The molecule has 1 N–H and O–H groups in total. The van der Waals surface area contributed by atoms with Gasteiger partial charge in [-0.05, 0) is 40.2 Å². The fraction of sp³-hybridized carbons (Fsp3) is 0.688. The van der Waals surface area contributed by atoms with Crippen molar-refractivity contribution < 1.29 is 19.4 Å². The molecule has 4 nitrogen and oxygen atoms in total. The SMILES string of the molecule is CCCc1cc(OC2CC(C)(C)OC2(C)C)c(C(=O)O)s1. The predicted molar refractivity (Wildman–Crippen MR) is 83.5 cm³/mol. The number of carboxylic acids is 1. The van der Waals surface area contributed by atoms with Gasteiger partial charge in [-0.3, -0.25) is 0 Å². The monoisotopic (exact) mass is 312 g/mol. The third-order valence-corrected chi connectivity index (χ3v) is 4.86. The minimum atomic E-state index is -0.923. The zero-order chi connectivity index (χ0) is 15.8. The number of carbonyl (C=O) groups is 1. The summed E-state index contributed by atoms with van der Waals surface area (Å²) in [6.45, 7) is 10.1. The van der Waals surface area contributed by atoms with E-state index < -0.39 is 11.6 Å². The molecular weight excluding hydrogens is 288 g/mol. The molecule has 0 saturated carbocycles. The van der Waals surface area contributed by atoms with E-state index >= 15 is 0 Å². The number of carboxylic acid groups (broad SMARTS) is 1. The standard InChI is InChI=1S/C16H24O4S/c1-6-7-10-8-11(13(21-10)14(17)18)19-12-9-15(2,3)20-16(12,4)5/h8,12H,6-7,9H2,1-5H3,(H,17,18). The lowest BCUT2D eigenvalue weighted by Crippen LogP contribution is -2.36. The van der Waals surface area contributed by atoms with Crippen LogP contribution in [-0.2, 0) is 11.2 Å². The van der Waals surface area contributed by atoms with Crippen LogP contribution in [0.5, 0.6) is 5.75 Å². The van der Waals surface area contributed by atoms with Crippen LogP contribution in [-0.4, -0.2) is 28.4 Å². The normalized spacial score (nSPS) is 23.2. The van der Waals surface area contributed by atoms with Crippen molar-refractivity contribution in [2.75, 3.05) is 0 Å². The van der Waals surface area contributed by atoms with Crippen molar-refractivity contribution in [3.05, 3.63) is 15.8 Å². The molecule has 0 aliphatic carbocycles. The van der Waals surface area contributed by atoms with Gasteiger partial charge in [-0.25, -0.2) is 4.79 Å². The van der Waals surface area contributed by atoms with Crippen molar-refractivity contribution in [1.29, 1.82) is 0 Å². The second-order valence-corrected chi connectivity index (χ2v) is 7.87. The molecule has 0 bridgehead atoms. The van der Waals surface area contributed by atoms with Gasteiger partial charge in [-0.15, -0.1) is 11.3 Å². The molecule has 1 aliphatic heterocycles. The maximum absolute atomic E-state index is 11.4. The fourth-order valence-electron chi connectivity index (χ4n) is 2.88. The van der Waals surface area contributed by atoms with Crippen molar-refractivity contribution in [3.8, 4) is 5.75 Å². The Hall–Kier alpha value is -1.07. The molecule has 21 heavy (non-hydrogen) atoms. The zero-order valence-corrected chi connectivity index (χ0v) is 14.2. The largest absolute Gasteiger partial charge is 0.486 e. The Morgan fingerprint density at radius 1 is 1.48 bits per heavy atom. The summed E-state index contributed by atoms with van der Waals surface area (Å²) in [5.74, 6) is -0.441. The Bertz CT molecular complexity index is 530. The molecule has 0 radical (unpaired) electrons. The van der Waals surface area contributed by atoms with E-state index in [0.29, 0.717) is 10.6 Å². The van der Waals surface area contributed by atoms with Crippen molar-refractivity contribution in [2.45, 2.75) is 71.2 Å². The molecular formula is C16H24O4S. The molecule has 118 valence electrons. The Morgan fingerprint density at radius 2 is 2.14 bits per heavy atom. The average molecular weight is 312 g/mol. The van der Waals surface area contributed by atoms with Gasteiger partial charge in [0.2, 0.25) is 0 Å². The summed E-state index contributed by atoms with van der Waals surface area (Å²) in [6, 6.07) is 1.87. The third-order valence-electron chi connectivity index (χ3n) is 3.70. The van der Waals surface area contributed by atoms with Gasteiger partial charge in [0.05, 0.1) is 5.60 Å². The fourth-order valence-corrected chi connectivity index (χ4v) is 3.91. The third kappa shape index (κ3) is 3.58. The highest BCUT2D eigenvalue weighted by molar-refractivity contribution is 7.14. The predicted octanol–water partition coefficient (Wildman–Crippen LogP) is 4.12.